The minimum Gasteiger partial charge on any atom is -0.375 e. The summed E-state index contributed by atoms with van der Waals surface area (Å²) in [5.41, 5.74) is 0.158. The summed E-state index contributed by atoms with van der Waals surface area (Å²) in [5, 5.41) is 14.3. The van der Waals surface area contributed by atoms with Gasteiger partial charge >= 0.3 is 0 Å². The number of aryl methyl sites for hydroxylation is 1. The lowest BCUT2D eigenvalue weighted by molar-refractivity contribution is -0.103. The second-order valence-corrected chi connectivity index (χ2v) is 7.24. The summed E-state index contributed by atoms with van der Waals surface area (Å²) in [6, 6.07) is 0.504. The number of rotatable bonds is 4. The van der Waals surface area contributed by atoms with Crippen molar-refractivity contribution in [2.45, 2.75) is 76.4 Å². The molecule has 1 saturated heterocycles. The van der Waals surface area contributed by atoms with E-state index in [1.807, 2.05) is 0 Å². The molecule has 0 radical (unpaired) electrons. The van der Waals surface area contributed by atoms with E-state index in [0.29, 0.717) is 6.04 Å². The van der Waals surface area contributed by atoms with Gasteiger partial charge in [-0.05, 0) is 32.1 Å². The third-order valence-corrected chi connectivity index (χ3v) is 5.43. The van der Waals surface area contributed by atoms with Gasteiger partial charge in [0.05, 0.1) is 5.60 Å². The number of nitrogens with one attached hydrogen (secondary N) is 1. The van der Waals surface area contributed by atoms with Crippen molar-refractivity contribution in [2.75, 3.05) is 11.9 Å². The summed E-state index contributed by atoms with van der Waals surface area (Å²) in [6.45, 7) is 3.07. The first-order chi connectivity index (χ1) is 9.80. The minimum absolute atomic E-state index is 0.158. The molecule has 1 saturated carbocycles. The molecule has 2 fully saturated rings. The quantitative estimate of drug-likeness (QED) is 0.918. The van der Waals surface area contributed by atoms with Gasteiger partial charge in [-0.3, -0.25) is 0 Å². The van der Waals surface area contributed by atoms with Crippen LogP contribution in [0.1, 0.15) is 63.3 Å². The monoisotopic (exact) mass is 295 g/mol. The van der Waals surface area contributed by atoms with E-state index in [1.54, 1.807) is 11.3 Å². The molecule has 4 nitrogen and oxygen atoms in total. The molecule has 5 heteroatoms. The maximum atomic E-state index is 6.15. The lowest BCUT2D eigenvalue weighted by atomic mass is 9.78. The average molecular weight is 295 g/mol. The fourth-order valence-corrected chi connectivity index (χ4v) is 4.42. The van der Waals surface area contributed by atoms with Gasteiger partial charge in [-0.15, -0.1) is 10.2 Å². The highest BCUT2D eigenvalue weighted by molar-refractivity contribution is 7.15. The molecule has 1 aromatic rings. The standard InChI is InChI=1S/C15H25N3OS/c1-2-6-13-17-18-14(20-13)16-12-7-10-19-15(11-12)8-4-3-5-9-15/h12H,2-11H2,1H3,(H,16,18). The van der Waals surface area contributed by atoms with Gasteiger partial charge in [0, 0.05) is 19.1 Å². The summed E-state index contributed by atoms with van der Waals surface area (Å²) in [4.78, 5) is 0. The smallest absolute Gasteiger partial charge is 0.205 e. The number of anilines is 1. The van der Waals surface area contributed by atoms with E-state index < -0.39 is 0 Å². The lowest BCUT2D eigenvalue weighted by Gasteiger charge is -2.43. The Morgan fingerprint density at radius 3 is 2.95 bits per heavy atom. The number of hydrogen-bond donors (Lipinski definition) is 1. The van der Waals surface area contributed by atoms with Gasteiger partial charge in [0.15, 0.2) is 0 Å². The number of nitrogens with zero attached hydrogens (tertiary/aromatic N) is 2. The van der Waals surface area contributed by atoms with Gasteiger partial charge in [0.25, 0.3) is 0 Å². The summed E-state index contributed by atoms with van der Waals surface area (Å²) in [6.07, 6.45) is 10.9. The van der Waals surface area contributed by atoms with Gasteiger partial charge in [-0.25, -0.2) is 0 Å². The highest BCUT2D eigenvalue weighted by atomic mass is 32.1. The fourth-order valence-electron chi connectivity index (χ4n) is 3.50. The zero-order valence-corrected chi connectivity index (χ0v) is 13.2. The predicted molar refractivity (Wildman–Crippen MR) is 82.3 cm³/mol. The van der Waals surface area contributed by atoms with Gasteiger partial charge < -0.3 is 10.1 Å². The van der Waals surface area contributed by atoms with E-state index in [0.717, 1.165) is 42.4 Å². The third-order valence-electron chi connectivity index (χ3n) is 4.52. The molecule has 3 rings (SSSR count). The van der Waals surface area contributed by atoms with E-state index in [4.69, 9.17) is 4.74 Å². The molecular weight excluding hydrogens is 270 g/mol. The zero-order valence-electron chi connectivity index (χ0n) is 12.4. The van der Waals surface area contributed by atoms with Crippen molar-refractivity contribution in [2.24, 2.45) is 0 Å². The minimum atomic E-state index is 0.158. The Labute approximate surface area is 125 Å². The Morgan fingerprint density at radius 2 is 2.15 bits per heavy atom. The first-order valence-corrected chi connectivity index (χ1v) is 8.84. The maximum Gasteiger partial charge on any atom is 0.205 e. The van der Waals surface area contributed by atoms with Crippen molar-refractivity contribution in [3.8, 4) is 0 Å². The Kier molecular flexibility index (Phi) is 4.56. The Bertz CT molecular complexity index is 423. The Hall–Kier alpha value is -0.680. The van der Waals surface area contributed by atoms with Crippen LogP contribution in [0.15, 0.2) is 0 Å². The summed E-state index contributed by atoms with van der Waals surface area (Å²) >= 11 is 1.71. The topological polar surface area (TPSA) is 47.0 Å². The van der Waals surface area contributed by atoms with Crippen LogP contribution >= 0.6 is 11.3 Å². The lowest BCUT2D eigenvalue weighted by Crippen LogP contribution is -2.45. The Balaban J connectivity index is 1.59. The SMILES string of the molecule is CCCc1nnc(NC2CCOC3(CCCCC3)C2)s1. The molecule has 2 heterocycles. The number of ether oxygens (including phenoxy) is 1. The normalized spacial score (nSPS) is 25.8. The number of hydrogen-bond acceptors (Lipinski definition) is 5. The largest absolute Gasteiger partial charge is 0.375 e. The molecular formula is C15H25N3OS. The van der Waals surface area contributed by atoms with Crippen molar-refractivity contribution in [3.05, 3.63) is 5.01 Å². The van der Waals surface area contributed by atoms with E-state index in [-0.39, 0.29) is 5.60 Å². The van der Waals surface area contributed by atoms with Crippen LogP contribution in [-0.2, 0) is 11.2 Å². The summed E-state index contributed by atoms with van der Waals surface area (Å²) < 4.78 is 6.15. The molecule has 0 amide bonds. The third kappa shape index (κ3) is 3.31. The molecule has 0 bridgehead atoms. The highest BCUT2D eigenvalue weighted by Gasteiger charge is 2.38. The van der Waals surface area contributed by atoms with E-state index >= 15 is 0 Å². The second kappa shape index (κ2) is 6.39. The molecule has 0 aromatic carbocycles. The molecule has 1 aromatic heterocycles. The van der Waals surface area contributed by atoms with Crippen LogP contribution in [0.3, 0.4) is 0 Å². The molecule has 1 aliphatic carbocycles. The first-order valence-electron chi connectivity index (χ1n) is 8.02. The van der Waals surface area contributed by atoms with Crippen molar-refractivity contribution in [1.29, 1.82) is 0 Å². The molecule has 2 aliphatic rings. The van der Waals surface area contributed by atoms with Crippen LogP contribution in [0, 0.1) is 0 Å². The van der Waals surface area contributed by atoms with Crippen molar-refractivity contribution >= 4 is 16.5 Å². The molecule has 20 heavy (non-hydrogen) atoms. The van der Waals surface area contributed by atoms with Gasteiger partial charge in [-0.1, -0.05) is 37.5 Å². The van der Waals surface area contributed by atoms with Gasteiger partial charge in [0.1, 0.15) is 5.01 Å². The van der Waals surface area contributed by atoms with E-state index in [9.17, 15) is 0 Å². The maximum absolute atomic E-state index is 6.15. The zero-order chi connectivity index (χ0) is 13.8. The van der Waals surface area contributed by atoms with Crippen LogP contribution in [0.2, 0.25) is 0 Å². The van der Waals surface area contributed by atoms with Crippen molar-refractivity contribution < 1.29 is 4.74 Å². The predicted octanol–water partition coefficient (Wildman–Crippen LogP) is 3.78. The second-order valence-electron chi connectivity index (χ2n) is 6.18. The highest BCUT2D eigenvalue weighted by Crippen LogP contribution is 2.39. The first kappa shape index (κ1) is 14.3. The molecule has 1 aliphatic heterocycles. The summed E-state index contributed by atoms with van der Waals surface area (Å²) in [5.74, 6) is 0. The fraction of sp³-hybridized carbons (Fsp3) is 0.867. The van der Waals surface area contributed by atoms with Crippen LogP contribution in [0.5, 0.6) is 0 Å². The van der Waals surface area contributed by atoms with Gasteiger partial charge in [0.2, 0.25) is 5.13 Å². The average Bonchev–Trinajstić information content (AvgIpc) is 2.87. The molecule has 1 unspecified atom stereocenters. The van der Waals surface area contributed by atoms with Crippen molar-refractivity contribution in [1.82, 2.24) is 10.2 Å². The van der Waals surface area contributed by atoms with Gasteiger partial charge in [-0.2, -0.15) is 0 Å². The molecule has 1 atom stereocenters. The summed E-state index contributed by atoms with van der Waals surface area (Å²) in [7, 11) is 0. The molecule has 1 spiro atoms. The van der Waals surface area contributed by atoms with E-state index in [2.05, 4.69) is 22.4 Å². The van der Waals surface area contributed by atoms with Crippen LogP contribution in [0.25, 0.3) is 0 Å². The molecule has 1 N–H and O–H groups in total. The van der Waals surface area contributed by atoms with Crippen LogP contribution < -0.4 is 5.32 Å². The molecule has 112 valence electrons. The number of aromatic nitrogens is 2. The van der Waals surface area contributed by atoms with Crippen molar-refractivity contribution in [3.63, 3.8) is 0 Å². The van der Waals surface area contributed by atoms with E-state index in [1.165, 1.54) is 32.1 Å². The van der Waals surface area contributed by atoms with Crippen LogP contribution in [0.4, 0.5) is 5.13 Å². The van der Waals surface area contributed by atoms with Crippen LogP contribution in [-0.4, -0.2) is 28.4 Å². The Morgan fingerprint density at radius 1 is 1.30 bits per heavy atom.